The maximum absolute atomic E-state index is 14.3. The topological polar surface area (TPSA) is 34.6 Å². The zero-order chi connectivity index (χ0) is 18.5. The first-order valence-electron chi connectivity index (χ1n) is 8.11. The van der Waals surface area contributed by atoms with Gasteiger partial charge in [0, 0.05) is 41.7 Å². The van der Waals surface area contributed by atoms with E-state index in [2.05, 4.69) is 20.9 Å². The van der Waals surface area contributed by atoms with Crippen LogP contribution in [0.2, 0.25) is 0 Å². The Balaban J connectivity index is 1.87. The Morgan fingerprint density at radius 3 is 2.69 bits per heavy atom. The van der Waals surface area contributed by atoms with Gasteiger partial charge in [0.05, 0.1) is 13.2 Å². The van der Waals surface area contributed by atoms with E-state index in [9.17, 15) is 17.6 Å². The number of halogens is 5. The molecule has 2 aromatic rings. The minimum absolute atomic E-state index is 0.291. The maximum Gasteiger partial charge on any atom is 0.433 e. The lowest BCUT2D eigenvalue weighted by Gasteiger charge is -2.41. The molecule has 2 saturated heterocycles. The number of fused-ring (bicyclic) bond motifs is 1. The molecule has 4 rings (SSSR count). The number of hydrogen-bond acceptors (Lipinski definition) is 4. The molecule has 3 heterocycles. The number of anilines is 1. The highest BCUT2D eigenvalue weighted by Gasteiger charge is 2.41. The molecule has 0 amide bonds. The lowest BCUT2D eigenvalue weighted by molar-refractivity contribution is -0.140. The van der Waals surface area contributed by atoms with Crippen LogP contribution in [0.4, 0.5) is 23.2 Å². The van der Waals surface area contributed by atoms with Crippen molar-refractivity contribution in [2.24, 2.45) is 0 Å². The van der Waals surface area contributed by atoms with Crippen molar-refractivity contribution in [3.05, 3.63) is 34.2 Å². The van der Waals surface area contributed by atoms with Crippen LogP contribution in [0.25, 0.3) is 10.9 Å². The van der Waals surface area contributed by atoms with Gasteiger partial charge < -0.3 is 14.4 Å². The largest absolute Gasteiger partial charge is 0.433 e. The normalized spacial score (nSPS) is 24.0. The third-order valence-corrected chi connectivity index (χ3v) is 5.21. The summed E-state index contributed by atoms with van der Waals surface area (Å²) < 4.78 is 66.0. The lowest BCUT2D eigenvalue weighted by Crippen LogP contribution is -2.52. The van der Waals surface area contributed by atoms with Crippen molar-refractivity contribution >= 4 is 32.5 Å². The summed E-state index contributed by atoms with van der Waals surface area (Å²) in [5.41, 5.74) is -1.63. The van der Waals surface area contributed by atoms with Gasteiger partial charge in [-0.2, -0.15) is 13.2 Å². The van der Waals surface area contributed by atoms with Gasteiger partial charge in [0.2, 0.25) is 0 Å². The third-order valence-electron chi connectivity index (χ3n) is 4.76. The molecule has 0 saturated carbocycles. The van der Waals surface area contributed by atoms with Crippen LogP contribution in [0.3, 0.4) is 0 Å². The van der Waals surface area contributed by atoms with Crippen molar-refractivity contribution in [3.8, 4) is 0 Å². The Morgan fingerprint density at radius 1 is 1.19 bits per heavy atom. The summed E-state index contributed by atoms with van der Waals surface area (Å²) in [6.45, 7) is 2.12. The van der Waals surface area contributed by atoms with Crippen LogP contribution < -0.4 is 4.90 Å². The van der Waals surface area contributed by atoms with E-state index in [1.807, 2.05) is 4.90 Å². The Hall–Kier alpha value is -1.45. The van der Waals surface area contributed by atoms with Gasteiger partial charge >= 0.3 is 6.18 Å². The predicted molar refractivity (Wildman–Crippen MR) is 90.7 cm³/mol. The van der Waals surface area contributed by atoms with E-state index in [0.717, 1.165) is 12.1 Å². The molecule has 1 spiro atoms. The SMILES string of the molecule is Fc1cc(Br)cc2c(N3CCOC4(CCOC4)C3)cc(C(F)(F)F)nc12. The minimum Gasteiger partial charge on any atom is -0.378 e. The van der Waals surface area contributed by atoms with Crippen molar-refractivity contribution in [3.63, 3.8) is 0 Å². The summed E-state index contributed by atoms with van der Waals surface area (Å²) in [6.07, 6.45) is -3.99. The quantitative estimate of drug-likeness (QED) is 0.631. The fourth-order valence-corrected chi connectivity index (χ4v) is 3.95. The number of morpholine rings is 1. The highest BCUT2D eigenvalue weighted by molar-refractivity contribution is 9.10. The molecular weight excluding hydrogens is 420 g/mol. The molecule has 0 radical (unpaired) electrons. The summed E-state index contributed by atoms with van der Waals surface area (Å²) in [5.74, 6) is -0.797. The van der Waals surface area contributed by atoms with Crippen LogP contribution in [0, 0.1) is 5.82 Å². The molecule has 1 unspecified atom stereocenters. The van der Waals surface area contributed by atoms with E-state index >= 15 is 0 Å². The Labute approximate surface area is 155 Å². The number of hydrogen-bond donors (Lipinski definition) is 0. The van der Waals surface area contributed by atoms with Gasteiger partial charge in [0.1, 0.15) is 16.8 Å². The van der Waals surface area contributed by atoms with Crippen molar-refractivity contribution in [1.29, 1.82) is 0 Å². The molecule has 0 N–H and O–H groups in total. The zero-order valence-corrected chi connectivity index (χ0v) is 15.2. The number of benzene rings is 1. The molecule has 9 heteroatoms. The third kappa shape index (κ3) is 3.16. The molecular formula is C17H15BrF4N2O2. The van der Waals surface area contributed by atoms with Crippen molar-refractivity contribution in [1.82, 2.24) is 4.98 Å². The number of pyridine rings is 1. The molecule has 2 aliphatic rings. The second-order valence-corrected chi connectivity index (χ2v) is 7.48. The molecule has 1 aromatic heterocycles. The van der Waals surface area contributed by atoms with Gasteiger partial charge in [0.15, 0.2) is 5.82 Å². The van der Waals surface area contributed by atoms with E-state index in [0.29, 0.717) is 54.9 Å². The van der Waals surface area contributed by atoms with Crippen molar-refractivity contribution < 1.29 is 27.0 Å². The molecule has 140 valence electrons. The zero-order valence-electron chi connectivity index (χ0n) is 13.6. The van der Waals surface area contributed by atoms with Gasteiger partial charge in [-0.15, -0.1) is 0 Å². The van der Waals surface area contributed by atoms with Crippen LogP contribution in [0.1, 0.15) is 12.1 Å². The Bertz CT molecular complexity index is 853. The summed E-state index contributed by atoms with van der Waals surface area (Å²) in [5, 5.41) is 0.334. The molecule has 26 heavy (non-hydrogen) atoms. The van der Waals surface area contributed by atoms with E-state index in [1.54, 1.807) is 6.07 Å². The number of ether oxygens (including phenoxy) is 2. The van der Waals surface area contributed by atoms with Crippen molar-refractivity contribution in [2.45, 2.75) is 18.2 Å². The first kappa shape index (κ1) is 17.9. The molecule has 0 bridgehead atoms. The van der Waals surface area contributed by atoms with Crippen LogP contribution in [-0.2, 0) is 15.7 Å². The number of aromatic nitrogens is 1. The second-order valence-electron chi connectivity index (χ2n) is 6.56. The average molecular weight is 435 g/mol. The fourth-order valence-electron chi connectivity index (χ4n) is 3.52. The van der Waals surface area contributed by atoms with Crippen LogP contribution >= 0.6 is 15.9 Å². The van der Waals surface area contributed by atoms with Gasteiger partial charge in [-0.25, -0.2) is 9.37 Å². The standard InChI is InChI=1S/C17H15BrF4N2O2/c18-10-5-11-13(24-2-4-26-16(8-24)1-3-25-9-16)7-14(17(20,21)22)23-15(11)12(19)6-10/h5-7H,1-4,8-9H2. The highest BCUT2D eigenvalue weighted by atomic mass is 79.9. The Morgan fingerprint density at radius 2 is 2.00 bits per heavy atom. The van der Waals surface area contributed by atoms with Crippen molar-refractivity contribution in [2.75, 3.05) is 37.8 Å². The molecule has 4 nitrogen and oxygen atoms in total. The maximum atomic E-state index is 14.3. The smallest absolute Gasteiger partial charge is 0.378 e. The number of rotatable bonds is 1. The summed E-state index contributed by atoms with van der Waals surface area (Å²) in [6, 6.07) is 3.70. The predicted octanol–water partition coefficient (Wildman–Crippen LogP) is 4.15. The molecule has 0 aliphatic carbocycles. The van der Waals surface area contributed by atoms with Gasteiger partial charge in [-0.1, -0.05) is 15.9 Å². The average Bonchev–Trinajstić information content (AvgIpc) is 3.00. The fraction of sp³-hybridized carbons (Fsp3) is 0.471. The Kier molecular flexibility index (Phi) is 4.36. The molecule has 1 atom stereocenters. The molecule has 2 aliphatic heterocycles. The first-order valence-corrected chi connectivity index (χ1v) is 8.90. The van der Waals surface area contributed by atoms with Crippen LogP contribution in [0.15, 0.2) is 22.7 Å². The number of alkyl halides is 3. The first-order chi connectivity index (χ1) is 12.3. The summed E-state index contributed by atoms with van der Waals surface area (Å²) in [7, 11) is 0. The monoisotopic (exact) mass is 434 g/mol. The summed E-state index contributed by atoms with van der Waals surface area (Å²) in [4.78, 5) is 5.34. The van der Waals surface area contributed by atoms with E-state index < -0.39 is 23.3 Å². The molecule has 1 aromatic carbocycles. The van der Waals surface area contributed by atoms with Gasteiger partial charge in [-0.3, -0.25) is 0 Å². The highest BCUT2D eigenvalue weighted by Crippen LogP contribution is 2.39. The summed E-state index contributed by atoms with van der Waals surface area (Å²) >= 11 is 3.21. The van der Waals surface area contributed by atoms with E-state index in [-0.39, 0.29) is 5.52 Å². The van der Waals surface area contributed by atoms with Crippen LogP contribution in [-0.4, -0.2) is 43.5 Å². The number of nitrogens with zero attached hydrogens (tertiary/aromatic N) is 2. The lowest BCUT2D eigenvalue weighted by atomic mass is 9.99. The van der Waals surface area contributed by atoms with Gasteiger partial charge in [-0.05, 0) is 18.2 Å². The second kappa shape index (κ2) is 6.31. The minimum atomic E-state index is -4.66. The van der Waals surface area contributed by atoms with E-state index in [1.165, 1.54) is 0 Å². The molecule has 2 fully saturated rings. The van der Waals surface area contributed by atoms with Gasteiger partial charge in [0.25, 0.3) is 0 Å². The van der Waals surface area contributed by atoms with E-state index in [4.69, 9.17) is 9.47 Å². The van der Waals surface area contributed by atoms with Crippen LogP contribution in [0.5, 0.6) is 0 Å².